The van der Waals surface area contributed by atoms with E-state index in [-0.39, 0.29) is 0 Å². The number of aromatic nitrogens is 1. The molecule has 2 heterocycles. The first-order valence-electron chi connectivity index (χ1n) is 8.72. The van der Waals surface area contributed by atoms with Crippen LogP contribution in [0.3, 0.4) is 0 Å². The number of hydrogen-bond donors (Lipinski definition) is 0. The van der Waals surface area contributed by atoms with Gasteiger partial charge in [-0.25, -0.2) is 0 Å². The van der Waals surface area contributed by atoms with Gasteiger partial charge in [0.05, 0.1) is 10.7 Å². The van der Waals surface area contributed by atoms with Gasteiger partial charge in [0.1, 0.15) is 7.11 Å². The van der Waals surface area contributed by atoms with E-state index in [0.29, 0.717) is 0 Å². The van der Waals surface area contributed by atoms with Crippen molar-refractivity contribution in [3.8, 4) is 0 Å². The Balaban J connectivity index is 1.68. The van der Waals surface area contributed by atoms with Crippen LogP contribution >= 0.6 is 11.8 Å². The highest BCUT2D eigenvalue weighted by Crippen LogP contribution is 2.49. The molecule has 1 aliphatic heterocycles. The maximum Gasteiger partial charge on any atom is 0.257 e. The van der Waals surface area contributed by atoms with Gasteiger partial charge < -0.3 is 4.90 Å². The fourth-order valence-corrected chi connectivity index (χ4v) is 4.43. The molecule has 1 aliphatic rings. The summed E-state index contributed by atoms with van der Waals surface area (Å²) in [7, 11) is 1.67. The topological polar surface area (TPSA) is 16.4 Å². The Kier molecular flexibility index (Phi) is 4.67. The first-order chi connectivity index (χ1) is 12.8. The van der Waals surface area contributed by atoms with E-state index >= 15 is 0 Å². The van der Waals surface area contributed by atoms with Crippen molar-refractivity contribution in [3.63, 3.8) is 0 Å². The average molecular weight is 361 g/mol. The van der Waals surface area contributed by atoms with E-state index in [1.807, 2.05) is 36.2 Å². The van der Waals surface area contributed by atoms with Crippen molar-refractivity contribution in [3.05, 3.63) is 83.7 Å². The van der Waals surface area contributed by atoms with E-state index < -0.39 is 0 Å². The van der Waals surface area contributed by atoms with Gasteiger partial charge >= 0.3 is 0 Å². The van der Waals surface area contributed by atoms with Crippen molar-refractivity contribution < 1.29 is 9.57 Å². The van der Waals surface area contributed by atoms with Crippen molar-refractivity contribution in [2.45, 2.75) is 11.8 Å². The zero-order chi connectivity index (χ0) is 17.9. The number of hydrogen-bond acceptors (Lipinski definition) is 3. The van der Waals surface area contributed by atoms with E-state index in [0.717, 1.165) is 12.2 Å². The Morgan fingerprint density at radius 1 is 1.08 bits per heavy atom. The normalized spacial score (nSPS) is 15.2. The molecule has 0 N–H and O–H groups in total. The number of benzene rings is 2. The van der Waals surface area contributed by atoms with E-state index in [4.69, 9.17) is 4.84 Å². The molecular formula is C22H21N2OS+. The standard InChI is InChI=1S/C22H21N2OS/c1-3-23-21(13-8-11-18-10-6-7-16-24(18)25-2)26-20-15-14-17-9-4-5-12-19(17)22(20)23/h4-16H,3H2,1-2H3/q+1. The van der Waals surface area contributed by atoms with Crippen LogP contribution in [-0.4, -0.2) is 13.7 Å². The third-order valence-corrected chi connectivity index (χ3v) is 5.60. The molecule has 0 atom stereocenters. The summed E-state index contributed by atoms with van der Waals surface area (Å²) in [6, 6.07) is 19.0. The number of allylic oxidation sites excluding steroid dienone is 2. The van der Waals surface area contributed by atoms with Crippen LogP contribution in [0.15, 0.2) is 82.9 Å². The molecule has 1 aromatic heterocycles. The van der Waals surface area contributed by atoms with E-state index in [9.17, 15) is 0 Å². The fourth-order valence-electron chi connectivity index (χ4n) is 3.28. The first-order valence-corrected chi connectivity index (χ1v) is 9.54. The summed E-state index contributed by atoms with van der Waals surface area (Å²) in [4.78, 5) is 9.05. The van der Waals surface area contributed by atoms with E-state index in [1.54, 1.807) is 11.8 Å². The van der Waals surface area contributed by atoms with Gasteiger partial charge in [0.15, 0.2) is 0 Å². The minimum atomic E-state index is 0.942. The number of rotatable bonds is 4. The third kappa shape index (κ3) is 2.97. The number of thioether (sulfide) groups is 1. The molecule has 26 heavy (non-hydrogen) atoms. The second kappa shape index (κ2) is 7.26. The lowest BCUT2D eigenvalue weighted by atomic mass is 10.1. The molecule has 4 heteroatoms. The Morgan fingerprint density at radius 2 is 1.92 bits per heavy atom. The highest BCUT2D eigenvalue weighted by Gasteiger charge is 2.25. The Morgan fingerprint density at radius 3 is 2.77 bits per heavy atom. The number of fused-ring (bicyclic) bond motifs is 3. The quantitative estimate of drug-likeness (QED) is 0.628. The largest absolute Gasteiger partial charge is 0.335 e. The van der Waals surface area contributed by atoms with Crippen LogP contribution in [0.25, 0.3) is 16.8 Å². The minimum absolute atomic E-state index is 0.942. The molecule has 130 valence electrons. The van der Waals surface area contributed by atoms with Crippen LogP contribution in [0.1, 0.15) is 12.6 Å². The van der Waals surface area contributed by atoms with Crippen LogP contribution in [0, 0.1) is 0 Å². The van der Waals surface area contributed by atoms with Crippen LogP contribution < -0.4 is 14.5 Å². The van der Waals surface area contributed by atoms with Gasteiger partial charge in [-0.05, 0) is 30.5 Å². The maximum atomic E-state index is 5.34. The third-order valence-electron chi connectivity index (χ3n) is 4.49. The van der Waals surface area contributed by atoms with Crippen molar-refractivity contribution in [2.75, 3.05) is 18.6 Å². The van der Waals surface area contributed by atoms with Gasteiger partial charge in [0.2, 0.25) is 6.20 Å². The average Bonchev–Trinajstić information content (AvgIpc) is 3.06. The Labute approximate surface area is 158 Å². The monoisotopic (exact) mass is 361 g/mol. The van der Waals surface area contributed by atoms with Crippen LogP contribution in [0.4, 0.5) is 5.69 Å². The molecule has 3 nitrogen and oxygen atoms in total. The molecule has 0 unspecified atom stereocenters. The molecule has 2 aromatic carbocycles. The molecule has 0 spiro atoms. The zero-order valence-electron chi connectivity index (χ0n) is 14.9. The SMILES string of the molecule is CCN1/C(=C/C=C/c2cccc[n+]2OC)Sc2ccc3ccccc3c21. The lowest BCUT2D eigenvalue weighted by molar-refractivity contribution is -0.886. The highest BCUT2D eigenvalue weighted by molar-refractivity contribution is 8.03. The predicted molar refractivity (Wildman–Crippen MR) is 109 cm³/mol. The predicted octanol–water partition coefficient (Wildman–Crippen LogP) is 4.67. The van der Waals surface area contributed by atoms with Crippen LogP contribution in [0.2, 0.25) is 0 Å². The molecule has 4 rings (SSSR count). The van der Waals surface area contributed by atoms with Crippen molar-refractivity contribution in [1.82, 2.24) is 0 Å². The van der Waals surface area contributed by atoms with Crippen molar-refractivity contribution in [2.24, 2.45) is 0 Å². The van der Waals surface area contributed by atoms with Crippen LogP contribution in [-0.2, 0) is 0 Å². The molecule has 0 saturated heterocycles. The van der Waals surface area contributed by atoms with Crippen molar-refractivity contribution in [1.29, 1.82) is 0 Å². The van der Waals surface area contributed by atoms with Gasteiger partial charge in [-0.15, -0.1) is 0 Å². The molecule has 0 fully saturated rings. The Hall–Kier alpha value is -2.72. The second-order valence-electron chi connectivity index (χ2n) is 5.98. The molecule has 0 saturated carbocycles. The lowest BCUT2D eigenvalue weighted by Crippen LogP contribution is -2.42. The molecule has 0 aliphatic carbocycles. The Bertz CT molecular complexity index is 1010. The second-order valence-corrected chi connectivity index (χ2v) is 7.04. The summed E-state index contributed by atoms with van der Waals surface area (Å²) >= 11 is 1.83. The summed E-state index contributed by atoms with van der Waals surface area (Å²) in [5, 5.41) is 3.84. The van der Waals surface area contributed by atoms with E-state index in [2.05, 4.69) is 66.4 Å². The lowest BCUT2D eigenvalue weighted by Gasteiger charge is -2.19. The molecule has 3 aromatic rings. The van der Waals surface area contributed by atoms with E-state index in [1.165, 1.54) is 26.4 Å². The fraction of sp³-hybridized carbons (Fsp3) is 0.136. The number of nitrogens with zero attached hydrogens (tertiary/aromatic N) is 2. The molecule has 0 radical (unpaired) electrons. The van der Waals surface area contributed by atoms with Crippen LogP contribution in [0.5, 0.6) is 0 Å². The summed E-state index contributed by atoms with van der Waals surface area (Å²) in [6.45, 7) is 3.14. The van der Waals surface area contributed by atoms with Gasteiger partial charge in [-0.3, -0.25) is 4.84 Å². The molecule has 0 amide bonds. The van der Waals surface area contributed by atoms with Gasteiger partial charge in [-0.2, -0.15) is 0 Å². The first kappa shape index (κ1) is 16.7. The zero-order valence-corrected chi connectivity index (χ0v) is 15.7. The van der Waals surface area contributed by atoms with Gasteiger partial charge in [-0.1, -0.05) is 48.2 Å². The van der Waals surface area contributed by atoms with Gasteiger partial charge in [0.25, 0.3) is 5.69 Å². The molecular weight excluding hydrogens is 340 g/mol. The van der Waals surface area contributed by atoms with Crippen molar-refractivity contribution >= 4 is 34.3 Å². The smallest absolute Gasteiger partial charge is 0.257 e. The highest BCUT2D eigenvalue weighted by atomic mass is 32.2. The number of pyridine rings is 1. The molecule has 0 bridgehead atoms. The maximum absolute atomic E-state index is 5.34. The summed E-state index contributed by atoms with van der Waals surface area (Å²) in [5.41, 5.74) is 2.32. The minimum Gasteiger partial charge on any atom is -0.335 e. The summed E-state index contributed by atoms with van der Waals surface area (Å²) in [6.07, 6.45) is 8.23. The summed E-state index contributed by atoms with van der Waals surface area (Å²) in [5.74, 6) is 0. The number of anilines is 1. The summed E-state index contributed by atoms with van der Waals surface area (Å²) < 4.78 is 1.75. The van der Waals surface area contributed by atoms with Gasteiger partial charge in [0, 0.05) is 39.8 Å².